The Hall–Kier alpha value is -3.15. The lowest BCUT2D eigenvalue weighted by Gasteiger charge is -2.28. The van der Waals surface area contributed by atoms with Gasteiger partial charge < -0.3 is 14.9 Å². The van der Waals surface area contributed by atoms with Crippen molar-refractivity contribution in [1.82, 2.24) is 4.98 Å². The SMILES string of the molecule is O=C(O)COc1nc(C2CCC2)c(-c2ccc(F)cc2)c2ccc(O)cc12. The quantitative estimate of drug-likeness (QED) is 0.695. The van der Waals surface area contributed by atoms with E-state index in [0.29, 0.717) is 5.39 Å². The standard InChI is InChI=1S/C21H18FNO4/c22-14-6-4-12(5-7-14)19-16-9-8-15(24)10-17(16)21(27-11-18(25)26)23-20(19)13-2-1-3-13/h4-10,13,24H,1-3,11H2,(H,25,26). The number of aliphatic carboxylic acids is 1. The first kappa shape index (κ1) is 17.3. The number of nitrogens with zero attached hydrogens (tertiary/aromatic N) is 1. The molecule has 4 rings (SSSR count). The molecule has 0 unspecified atom stereocenters. The van der Waals surface area contributed by atoms with Gasteiger partial charge in [-0.2, -0.15) is 0 Å². The zero-order valence-corrected chi connectivity index (χ0v) is 14.5. The smallest absolute Gasteiger partial charge is 0.341 e. The summed E-state index contributed by atoms with van der Waals surface area (Å²) >= 11 is 0. The van der Waals surface area contributed by atoms with Gasteiger partial charge in [0.25, 0.3) is 0 Å². The molecule has 0 radical (unpaired) electrons. The van der Waals surface area contributed by atoms with Gasteiger partial charge in [-0.25, -0.2) is 14.2 Å². The minimum Gasteiger partial charge on any atom is -0.508 e. The lowest BCUT2D eigenvalue weighted by Crippen LogP contribution is -2.15. The Kier molecular flexibility index (Phi) is 4.39. The predicted octanol–water partition coefficient (Wildman–Crippen LogP) is 4.48. The number of carboxylic acids is 1. The maximum Gasteiger partial charge on any atom is 0.341 e. The van der Waals surface area contributed by atoms with Crippen molar-refractivity contribution >= 4 is 16.7 Å². The van der Waals surface area contributed by atoms with Gasteiger partial charge in [0, 0.05) is 16.9 Å². The Bertz CT molecular complexity index is 1010. The fraction of sp³-hybridized carbons (Fsp3) is 0.238. The Balaban J connectivity index is 1.97. The molecule has 2 aromatic carbocycles. The molecule has 0 bridgehead atoms. The van der Waals surface area contributed by atoms with E-state index in [1.54, 1.807) is 24.3 Å². The number of halogens is 1. The highest BCUT2D eigenvalue weighted by atomic mass is 19.1. The largest absolute Gasteiger partial charge is 0.508 e. The van der Waals surface area contributed by atoms with E-state index in [1.807, 2.05) is 0 Å². The molecule has 5 nitrogen and oxygen atoms in total. The van der Waals surface area contributed by atoms with Crippen molar-refractivity contribution in [2.75, 3.05) is 6.61 Å². The van der Waals surface area contributed by atoms with Gasteiger partial charge in [-0.15, -0.1) is 0 Å². The second-order valence-corrected chi connectivity index (χ2v) is 6.72. The number of rotatable bonds is 5. The molecule has 0 aliphatic heterocycles. The molecule has 0 saturated heterocycles. The Morgan fingerprint density at radius 3 is 2.52 bits per heavy atom. The van der Waals surface area contributed by atoms with Gasteiger partial charge in [-0.05, 0) is 54.1 Å². The number of pyridine rings is 1. The summed E-state index contributed by atoms with van der Waals surface area (Å²) in [4.78, 5) is 15.6. The van der Waals surface area contributed by atoms with Crippen molar-refractivity contribution in [1.29, 1.82) is 0 Å². The number of ether oxygens (including phenoxy) is 1. The average Bonchev–Trinajstić information content (AvgIpc) is 2.59. The number of phenols is 1. The van der Waals surface area contributed by atoms with E-state index in [4.69, 9.17) is 9.84 Å². The normalized spacial score (nSPS) is 14.1. The molecule has 0 atom stereocenters. The van der Waals surface area contributed by atoms with Gasteiger partial charge in [0.2, 0.25) is 5.88 Å². The molecular weight excluding hydrogens is 349 g/mol. The van der Waals surface area contributed by atoms with Gasteiger partial charge in [0.05, 0.1) is 5.69 Å². The third-order valence-corrected chi connectivity index (χ3v) is 4.94. The summed E-state index contributed by atoms with van der Waals surface area (Å²) in [5.41, 5.74) is 2.52. The predicted molar refractivity (Wildman–Crippen MR) is 98.5 cm³/mol. The van der Waals surface area contributed by atoms with Crippen LogP contribution in [-0.4, -0.2) is 27.8 Å². The van der Waals surface area contributed by atoms with Crippen LogP contribution in [0, 0.1) is 5.82 Å². The van der Waals surface area contributed by atoms with Crippen LogP contribution >= 0.6 is 0 Å². The Morgan fingerprint density at radius 2 is 1.89 bits per heavy atom. The number of phenolic OH excluding ortho intramolecular Hbond substituents is 1. The first-order valence-electron chi connectivity index (χ1n) is 8.80. The van der Waals surface area contributed by atoms with Crippen LogP contribution in [0.25, 0.3) is 21.9 Å². The number of aromatic hydroxyl groups is 1. The van der Waals surface area contributed by atoms with E-state index < -0.39 is 12.6 Å². The first-order valence-corrected chi connectivity index (χ1v) is 8.80. The number of carbonyl (C=O) groups is 1. The fourth-order valence-corrected chi connectivity index (χ4v) is 3.43. The van der Waals surface area contributed by atoms with E-state index >= 15 is 0 Å². The molecule has 6 heteroatoms. The highest BCUT2D eigenvalue weighted by Crippen LogP contribution is 2.45. The van der Waals surface area contributed by atoms with Crippen LogP contribution < -0.4 is 4.74 Å². The minimum atomic E-state index is -1.10. The van der Waals surface area contributed by atoms with Crippen molar-refractivity contribution in [3.8, 4) is 22.8 Å². The number of benzene rings is 2. The number of fused-ring (bicyclic) bond motifs is 1. The number of carboxylic acid groups (broad SMARTS) is 1. The molecule has 138 valence electrons. The monoisotopic (exact) mass is 367 g/mol. The van der Waals surface area contributed by atoms with Gasteiger partial charge in [-0.3, -0.25) is 0 Å². The van der Waals surface area contributed by atoms with Gasteiger partial charge in [0.1, 0.15) is 11.6 Å². The van der Waals surface area contributed by atoms with Crippen LogP contribution in [0.1, 0.15) is 30.9 Å². The van der Waals surface area contributed by atoms with Crippen molar-refractivity contribution in [2.24, 2.45) is 0 Å². The average molecular weight is 367 g/mol. The molecule has 1 fully saturated rings. The summed E-state index contributed by atoms with van der Waals surface area (Å²) < 4.78 is 18.8. The molecule has 27 heavy (non-hydrogen) atoms. The summed E-state index contributed by atoms with van der Waals surface area (Å²) in [7, 11) is 0. The van der Waals surface area contributed by atoms with Crippen LogP contribution in [0.5, 0.6) is 11.6 Å². The molecular formula is C21H18FNO4. The van der Waals surface area contributed by atoms with E-state index in [2.05, 4.69) is 4.98 Å². The van der Waals surface area contributed by atoms with E-state index in [-0.39, 0.29) is 23.4 Å². The van der Waals surface area contributed by atoms with Crippen LogP contribution in [0.2, 0.25) is 0 Å². The van der Waals surface area contributed by atoms with Crippen molar-refractivity contribution in [3.05, 3.63) is 54.0 Å². The maximum atomic E-state index is 13.4. The summed E-state index contributed by atoms with van der Waals surface area (Å²) in [5, 5.41) is 20.2. The molecule has 1 aliphatic rings. The molecule has 1 aliphatic carbocycles. The van der Waals surface area contributed by atoms with Crippen LogP contribution in [-0.2, 0) is 4.79 Å². The molecule has 2 N–H and O–H groups in total. The summed E-state index contributed by atoms with van der Waals surface area (Å²) in [6.45, 7) is -0.516. The third kappa shape index (κ3) is 3.30. The highest BCUT2D eigenvalue weighted by Gasteiger charge is 2.27. The topological polar surface area (TPSA) is 79.7 Å². The van der Waals surface area contributed by atoms with Crippen LogP contribution in [0.4, 0.5) is 4.39 Å². The number of hydrogen-bond acceptors (Lipinski definition) is 4. The first-order chi connectivity index (χ1) is 13.0. The fourth-order valence-electron chi connectivity index (χ4n) is 3.43. The molecule has 0 spiro atoms. The number of aromatic nitrogens is 1. The summed E-state index contributed by atoms with van der Waals surface area (Å²) in [6, 6.07) is 11.1. The Morgan fingerprint density at radius 1 is 1.15 bits per heavy atom. The molecule has 1 aromatic heterocycles. The van der Waals surface area contributed by atoms with Crippen molar-refractivity contribution in [2.45, 2.75) is 25.2 Å². The zero-order valence-electron chi connectivity index (χ0n) is 14.5. The van der Waals surface area contributed by atoms with E-state index in [0.717, 1.165) is 41.5 Å². The van der Waals surface area contributed by atoms with E-state index in [1.165, 1.54) is 18.2 Å². The van der Waals surface area contributed by atoms with E-state index in [9.17, 15) is 14.3 Å². The van der Waals surface area contributed by atoms with Crippen LogP contribution in [0.15, 0.2) is 42.5 Å². The van der Waals surface area contributed by atoms with Gasteiger partial charge in [0.15, 0.2) is 6.61 Å². The highest BCUT2D eigenvalue weighted by molar-refractivity contribution is 6.01. The molecule has 3 aromatic rings. The second-order valence-electron chi connectivity index (χ2n) is 6.72. The maximum absolute atomic E-state index is 13.4. The Labute approximate surface area is 155 Å². The molecule has 1 saturated carbocycles. The lowest BCUT2D eigenvalue weighted by atomic mass is 9.79. The van der Waals surface area contributed by atoms with Crippen molar-refractivity contribution in [3.63, 3.8) is 0 Å². The molecule has 1 heterocycles. The third-order valence-electron chi connectivity index (χ3n) is 4.94. The zero-order chi connectivity index (χ0) is 19.0. The molecule has 0 amide bonds. The summed E-state index contributed by atoms with van der Waals surface area (Å²) in [6.07, 6.45) is 3.08. The van der Waals surface area contributed by atoms with Crippen molar-refractivity contribution < 1.29 is 24.1 Å². The van der Waals surface area contributed by atoms with Crippen LogP contribution in [0.3, 0.4) is 0 Å². The van der Waals surface area contributed by atoms with Gasteiger partial charge >= 0.3 is 5.97 Å². The summed E-state index contributed by atoms with van der Waals surface area (Å²) in [5.74, 6) is -0.949. The second kappa shape index (κ2) is 6.87. The minimum absolute atomic E-state index is 0.0333. The van der Waals surface area contributed by atoms with Gasteiger partial charge in [-0.1, -0.05) is 18.6 Å². The number of hydrogen-bond donors (Lipinski definition) is 2. The lowest BCUT2D eigenvalue weighted by molar-refractivity contribution is -0.139.